The fraction of sp³-hybridized carbons (Fsp3) is 0. The van der Waals surface area contributed by atoms with Gasteiger partial charge in [-0.25, -0.2) is 15.0 Å². The molecule has 0 aliphatic carbocycles. The summed E-state index contributed by atoms with van der Waals surface area (Å²) in [7, 11) is 0. The molecule has 9 aromatic carbocycles. The molecule has 0 spiro atoms. The molecular weight excluding hydrogens is 709 g/mol. The van der Waals surface area contributed by atoms with Gasteiger partial charge in [0.25, 0.3) is 0 Å². The van der Waals surface area contributed by atoms with E-state index >= 15 is 0 Å². The van der Waals surface area contributed by atoms with Crippen LogP contribution in [0.25, 0.3) is 88.8 Å². The fourth-order valence-electron chi connectivity index (χ4n) is 8.18. The minimum absolute atomic E-state index is 0.594. The number of fused-ring (bicyclic) bond motifs is 5. The molecule has 0 saturated carbocycles. The first-order valence-electron chi connectivity index (χ1n) is 19.4. The van der Waals surface area contributed by atoms with Crippen molar-refractivity contribution >= 4 is 60.5 Å². The van der Waals surface area contributed by atoms with E-state index in [0.717, 1.165) is 77.6 Å². The molecule has 11 rings (SSSR count). The van der Waals surface area contributed by atoms with Crippen LogP contribution < -0.4 is 4.90 Å². The van der Waals surface area contributed by atoms with Gasteiger partial charge in [-0.1, -0.05) is 158 Å². The Hall–Kier alpha value is -7.89. The summed E-state index contributed by atoms with van der Waals surface area (Å²) >= 11 is 0. The van der Waals surface area contributed by atoms with Gasteiger partial charge in [-0.15, -0.1) is 0 Å². The van der Waals surface area contributed by atoms with Gasteiger partial charge in [0, 0.05) is 44.2 Å². The summed E-state index contributed by atoms with van der Waals surface area (Å²) in [5.41, 5.74) is 9.78. The van der Waals surface area contributed by atoms with E-state index in [0.29, 0.717) is 17.5 Å². The van der Waals surface area contributed by atoms with E-state index in [1.807, 2.05) is 42.5 Å². The lowest BCUT2D eigenvalue weighted by Gasteiger charge is -2.27. The van der Waals surface area contributed by atoms with Crippen molar-refractivity contribution < 1.29 is 4.42 Å². The van der Waals surface area contributed by atoms with Crippen molar-refractivity contribution in [2.24, 2.45) is 0 Å². The van der Waals surface area contributed by atoms with E-state index in [1.54, 1.807) is 0 Å². The number of hydrogen-bond acceptors (Lipinski definition) is 5. The first-order valence-corrected chi connectivity index (χ1v) is 19.4. The number of nitrogens with zero attached hydrogens (tertiary/aromatic N) is 4. The molecule has 11 aromatic rings. The van der Waals surface area contributed by atoms with Gasteiger partial charge in [0.1, 0.15) is 11.2 Å². The minimum Gasteiger partial charge on any atom is -0.456 e. The Morgan fingerprint density at radius 3 is 1.74 bits per heavy atom. The van der Waals surface area contributed by atoms with Crippen LogP contribution in [-0.2, 0) is 0 Å². The third-order valence-electron chi connectivity index (χ3n) is 10.9. The van der Waals surface area contributed by atoms with Crippen molar-refractivity contribution in [2.45, 2.75) is 0 Å². The van der Waals surface area contributed by atoms with E-state index in [4.69, 9.17) is 19.4 Å². The lowest BCUT2D eigenvalue weighted by Crippen LogP contribution is -2.10. The fourth-order valence-corrected chi connectivity index (χ4v) is 8.18. The van der Waals surface area contributed by atoms with Crippen molar-refractivity contribution in [2.75, 3.05) is 4.90 Å². The summed E-state index contributed by atoms with van der Waals surface area (Å²) in [5, 5.41) is 6.59. The van der Waals surface area contributed by atoms with Gasteiger partial charge in [0.15, 0.2) is 17.5 Å². The third-order valence-corrected chi connectivity index (χ3v) is 10.9. The summed E-state index contributed by atoms with van der Waals surface area (Å²) in [4.78, 5) is 17.7. The second-order valence-electron chi connectivity index (χ2n) is 14.4. The monoisotopic (exact) mass is 742 g/mol. The summed E-state index contributed by atoms with van der Waals surface area (Å²) in [6.07, 6.45) is 0. The molecule has 5 nitrogen and oxygen atoms in total. The van der Waals surface area contributed by atoms with E-state index in [2.05, 4.69) is 169 Å². The van der Waals surface area contributed by atoms with Gasteiger partial charge in [-0.05, 0) is 75.8 Å². The molecule has 0 bridgehead atoms. The first-order chi connectivity index (χ1) is 28.7. The highest BCUT2D eigenvalue weighted by Crippen LogP contribution is 2.42. The van der Waals surface area contributed by atoms with E-state index < -0.39 is 0 Å². The topological polar surface area (TPSA) is 55.1 Å². The molecule has 0 aliphatic rings. The van der Waals surface area contributed by atoms with Gasteiger partial charge in [-0.3, -0.25) is 0 Å². The Labute approximate surface area is 335 Å². The lowest BCUT2D eigenvalue weighted by atomic mass is 10.00. The Bertz CT molecular complexity index is 3290. The molecular formula is C53H34N4O. The first kappa shape index (κ1) is 33.4. The molecule has 272 valence electrons. The summed E-state index contributed by atoms with van der Waals surface area (Å²) in [5.74, 6) is 1.84. The molecule has 0 N–H and O–H groups in total. The quantitative estimate of drug-likeness (QED) is 0.163. The van der Waals surface area contributed by atoms with Crippen LogP contribution in [0.5, 0.6) is 0 Å². The Kier molecular flexibility index (Phi) is 8.07. The van der Waals surface area contributed by atoms with Crippen LogP contribution >= 0.6 is 0 Å². The average Bonchev–Trinajstić information content (AvgIpc) is 3.68. The molecule has 2 heterocycles. The SMILES string of the molecule is c1ccc(-c2nc(-c3cccc4ccccc34)nc(-c3cccc4oc5cc(-c6cccc(N(c7ccccc7)c7cccc8ccccc78)c6)ccc5c34)n2)cc1. The van der Waals surface area contributed by atoms with Gasteiger partial charge in [0.2, 0.25) is 0 Å². The van der Waals surface area contributed by atoms with Crippen molar-refractivity contribution in [1.82, 2.24) is 15.0 Å². The predicted octanol–water partition coefficient (Wildman–Crippen LogP) is 14.2. The molecule has 0 atom stereocenters. The zero-order valence-electron chi connectivity index (χ0n) is 31.3. The normalized spacial score (nSPS) is 11.4. The zero-order valence-corrected chi connectivity index (χ0v) is 31.3. The van der Waals surface area contributed by atoms with Gasteiger partial charge < -0.3 is 9.32 Å². The highest BCUT2D eigenvalue weighted by molar-refractivity contribution is 6.12. The number of para-hydroxylation sites is 1. The number of aromatic nitrogens is 3. The molecule has 0 unspecified atom stereocenters. The lowest BCUT2D eigenvalue weighted by molar-refractivity contribution is 0.669. The van der Waals surface area contributed by atoms with E-state index in [1.165, 1.54) is 10.8 Å². The Morgan fingerprint density at radius 2 is 0.914 bits per heavy atom. The molecule has 0 fully saturated rings. The highest BCUT2D eigenvalue weighted by Gasteiger charge is 2.20. The largest absolute Gasteiger partial charge is 0.456 e. The van der Waals surface area contributed by atoms with Crippen LogP contribution in [0.15, 0.2) is 211 Å². The van der Waals surface area contributed by atoms with Gasteiger partial charge in [-0.2, -0.15) is 0 Å². The number of furan rings is 1. The summed E-state index contributed by atoms with van der Waals surface area (Å²) in [6, 6.07) is 71.6. The maximum atomic E-state index is 6.65. The van der Waals surface area contributed by atoms with Crippen LogP contribution in [0.3, 0.4) is 0 Å². The zero-order chi connectivity index (χ0) is 38.4. The number of rotatable bonds is 7. The van der Waals surface area contributed by atoms with Crippen LogP contribution in [0.1, 0.15) is 0 Å². The second-order valence-corrected chi connectivity index (χ2v) is 14.4. The molecule has 0 aliphatic heterocycles. The van der Waals surface area contributed by atoms with Gasteiger partial charge in [0.05, 0.1) is 5.69 Å². The standard InChI is InChI=1S/C53H34N4O/c1-3-17-37(18-4-1)51-54-52(44-27-12-19-35-15-7-9-25-42(35)44)56-53(55-51)46-28-14-30-48-50(46)45-32-31-39(34-49(45)58-48)38-21-11-24-41(33-38)57(40-22-5-2-6-23-40)47-29-13-20-36-16-8-10-26-43(36)47/h1-34H. The van der Waals surface area contributed by atoms with E-state index in [9.17, 15) is 0 Å². The third kappa shape index (κ3) is 5.85. The maximum absolute atomic E-state index is 6.65. The number of anilines is 3. The summed E-state index contributed by atoms with van der Waals surface area (Å²) in [6.45, 7) is 0. The number of hydrogen-bond donors (Lipinski definition) is 0. The molecule has 58 heavy (non-hydrogen) atoms. The van der Waals surface area contributed by atoms with Crippen LogP contribution in [0.4, 0.5) is 17.1 Å². The highest BCUT2D eigenvalue weighted by atomic mass is 16.3. The average molecular weight is 743 g/mol. The Balaban J connectivity index is 1.04. The smallest absolute Gasteiger partial charge is 0.164 e. The number of benzene rings is 9. The van der Waals surface area contributed by atoms with Crippen molar-refractivity contribution in [3.05, 3.63) is 206 Å². The second kappa shape index (κ2) is 14.0. The molecule has 0 saturated heterocycles. The molecule has 0 radical (unpaired) electrons. The van der Waals surface area contributed by atoms with Gasteiger partial charge >= 0.3 is 0 Å². The summed E-state index contributed by atoms with van der Waals surface area (Å²) < 4.78 is 6.65. The Morgan fingerprint density at radius 1 is 0.345 bits per heavy atom. The van der Waals surface area contributed by atoms with Crippen molar-refractivity contribution in [3.63, 3.8) is 0 Å². The molecule has 2 aromatic heterocycles. The molecule has 0 amide bonds. The van der Waals surface area contributed by atoms with Crippen molar-refractivity contribution in [3.8, 4) is 45.3 Å². The van der Waals surface area contributed by atoms with Crippen LogP contribution in [-0.4, -0.2) is 15.0 Å². The van der Waals surface area contributed by atoms with E-state index in [-0.39, 0.29) is 0 Å². The van der Waals surface area contributed by atoms with Crippen LogP contribution in [0, 0.1) is 0 Å². The molecule has 5 heteroatoms. The van der Waals surface area contributed by atoms with Crippen LogP contribution in [0.2, 0.25) is 0 Å². The van der Waals surface area contributed by atoms with Crippen molar-refractivity contribution in [1.29, 1.82) is 0 Å². The maximum Gasteiger partial charge on any atom is 0.164 e. The minimum atomic E-state index is 0.594. The predicted molar refractivity (Wildman–Crippen MR) is 239 cm³/mol.